The zero-order valence-electron chi connectivity index (χ0n) is 11.4. The molecule has 4 N–H and O–H groups in total. The third-order valence-corrected chi connectivity index (χ3v) is 4.57. The third kappa shape index (κ3) is 4.39. The SMILES string of the molecule is Cc1c(C(=O)O)cc(Cl)cc1S(=O)(=O)NCC(C)(O)CO. The fourth-order valence-electron chi connectivity index (χ4n) is 1.54. The maximum absolute atomic E-state index is 12.2. The van der Waals surface area contributed by atoms with Crippen molar-refractivity contribution >= 4 is 27.6 Å². The summed E-state index contributed by atoms with van der Waals surface area (Å²) in [5.41, 5.74) is -1.82. The van der Waals surface area contributed by atoms with Gasteiger partial charge in [0.2, 0.25) is 10.0 Å². The minimum absolute atomic E-state index is 0.0306. The van der Waals surface area contributed by atoms with Crippen LogP contribution in [0.1, 0.15) is 22.8 Å². The molecule has 0 bridgehead atoms. The van der Waals surface area contributed by atoms with E-state index >= 15 is 0 Å². The molecule has 0 spiro atoms. The van der Waals surface area contributed by atoms with Crippen molar-refractivity contribution in [1.29, 1.82) is 0 Å². The molecule has 1 rings (SSSR count). The van der Waals surface area contributed by atoms with Gasteiger partial charge in [0.1, 0.15) is 0 Å². The summed E-state index contributed by atoms with van der Waals surface area (Å²) in [6.07, 6.45) is 0. The number of rotatable bonds is 6. The van der Waals surface area contributed by atoms with E-state index in [-0.39, 0.29) is 21.0 Å². The Hall–Kier alpha value is -1.19. The number of aliphatic hydroxyl groups excluding tert-OH is 1. The first-order valence-electron chi connectivity index (χ1n) is 5.86. The molecule has 1 atom stereocenters. The number of aliphatic hydroxyl groups is 2. The molecule has 0 aliphatic rings. The van der Waals surface area contributed by atoms with Crippen molar-refractivity contribution in [3.63, 3.8) is 0 Å². The number of carboxylic acids is 1. The molecular formula is C12H16ClNO6S. The van der Waals surface area contributed by atoms with Crippen LogP contribution < -0.4 is 4.72 Å². The zero-order valence-corrected chi connectivity index (χ0v) is 13.0. The Balaban J connectivity index is 3.23. The zero-order chi connectivity index (χ0) is 16.4. The van der Waals surface area contributed by atoms with E-state index in [0.717, 1.165) is 12.1 Å². The van der Waals surface area contributed by atoms with Gasteiger partial charge in [0.05, 0.1) is 22.7 Å². The largest absolute Gasteiger partial charge is 0.478 e. The van der Waals surface area contributed by atoms with Crippen LogP contribution in [0.25, 0.3) is 0 Å². The Morgan fingerprint density at radius 2 is 2.00 bits per heavy atom. The number of halogens is 1. The molecular weight excluding hydrogens is 322 g/mol. The topological polar surface area (TPSA) is 124 Å². The molecule has 1 aromatic rings. The van der Waals surface area contributed by atoms with E-state index in [2.05, 4.69) is 4.72 Å². The van der Waals surface area contributed by atoms with Crippen LogP contribution in [0.5, 0.6) is 0 Å². The van der Waals surface area contributed by atoms with Gasteiger partial charge in [0.25, 0.3) is 0 Å². The van der Waals surface area contributed by atoms with E-state index in [1.807, 2.05) is 0 Å². The van der Waals surface area contributed by atoms with E-state index in [4.69, 9.17) is 21.8 Å². The van der Waals surface area contributed by atoms with Crippen molar-refractivity contribution in [2.45, 2.75) is 24.3 Å². The van der Waals surface area contributed by atoms with Crippen LogP contribution in [0, 0.1) is 6.92 Å². The van der Waals surface area contributed by atoms with Crippen molar-refractivity contribution in [2.24, 2.45) is 0 Å². The summed E-state index contributed by atoms with van der Waals surface area (Å²) in [6, 6.07) is 2.28. The molecule has 0 fully saturated rings. The first kappa shape index (κ1) is 17.9. The van der Waals surface area contributed by atoms with E-state index in [0.29, 0.717) is 0 Å². The molecule has 0 radical (unpaired) electrons. The Kier molecular flexibility index (Phi) is 5.35. The summed E-state index contributed by atoms with van der Waals surface area (Å²) < 4.78 is 26.5. The van der Waals surface area contributed by atoms with Crippen molar-refractivity contribution in [2.75, 3.05) is 13.2 Å². The van der Waals surface area contributed by atoms with Crippen LogP contribution in [0.4, 0.5) is 0 Å². The van der Waals surface area contributed by atoms with Gasteiger partial charge in [-0.3, -0.25) is 0 Å². The van der Waals surface area contributed by atoms with Gasteiger partial charge in [-0.15, -0.1) is 0 Å². The summed E-state index contributed by atoms with van der Waals surface area (Å²) in [7, 11) is -4.08. The lowest BCUT2D eigenvalue weighted by Gasteiger charge is -2.21. The second kappa shape index (κ2) is 6.29. The van der Waals surface area contributed by atoms with Crippen molar-refractivity contribution in [1.82, 2.24) is 4.72 Å². The summed E-state index contributed by atoms with van der Waals surface area (Å²) in [5, 5.41) is 27.5. The first-order chi connectivity index (χ1) is 9.50. The number of hydrogen-bond donors (Lipinski definition) is 4. The standard InChI is InChI=1S/C12H16ClNO6S/c1-7-9(11(16)17)3-8(13)4-10(7)21(19,20)14-5-12(2,18)6-15/h3-4,14-15,18H,5-6H2,1-2H3,(H,16,17). The molecule has 0 aromatic heterocycles. The van der Waals surface area contributed by atoms with Gasteiger partial charge < -0.3 is 15.3 Å². The summed E-state index contributed by atoms with van der Waals surface area (Å²) in [5.74, 6) is -1.30. The highest BCUT2D eigenvalue weighted by atomic mass is 35.5. The fraction of sp³-hybridized carbons (Fsp3) is 0.417. The lowest BCUT2D eigenvalue weighted by molar-refractivity contribution is 0.00680. The molecule has 0 aliphatic carbocycles. The fourth-order valence-corrected chi connectivity index (χ4v) is 3.27. The minimum atomic E-state index is -4.08. The number of carbonyl (C=O) groups is 1. The van der Waals surface area contributed by atoms with Crippen LogP contribution in [0.3, 0.4) is 0 Å². The van der Waals surface area contributed by atoms with Crippen molar-refractivity contribution in [3.8, 4) is 0 Å². The van der Waals surface area contributed by atoms with Crippen molar-refractivity contribution in [3.05, 3.63) is 28.3 Å². The average Bonchev–Trinajstić information content (AvgIpc) is 2.38. The Morgan fingerprint density at radius 3 is 2.48 bits per heavy atom. The number of aromatic carboxylic acids is 1. The molecule has 1 unspecified atom stereocenters. The molecule has 0 heterocycles. The summed E-state index contributed by atoms with van der Waals surface area (Å²) in [6.45, 7) is 1.53. The van der Waals surface area contributed by atoms with Crippen LogP contribution >= 0.6 is 11.6 Å². The smallest absolute Gasteiger partial charge is 0.336 e. The van der Waals surface area contributed by atoms with Crippen LogP contribution in [0.2, 0.25) is 5.02 Å². The maximum Gasteiger partial charge on any atom is 0.336 e. The summed E-state index contributed by atoms with van der Waals surface area (Å²) in [4.78, 5) is 10.8. The van der Waals surface area contributed by atoms with E-state index in [1.165, 1.54) is 13.8 Å². The van der Waals surface area contributed by atoms with Crippen LogP contribution in [-0.2, 0) is 10.0 Å². The summed E-state index contributed by atoms with van der Waals surface area (Å²) >= 11 is 5.74. The molecule has 0 amide bonds. The predicted octanol–water partition coefficient (Wildman–Crippen LogP) is 0.368. The van der Waals surface area contributed by atoms with Crippen LogP contribution in [0.15, 0.2) is 17.0 Å². The molecule has 0 saturated carbocycles. The van der Waals surface area contributed by atoms with Gasteiger partial charge in [-0.2, -0.15) is 0 Å². The maximum atomic E-state index is 12.2. The highest BCUT2D eigenvalue weighted by Gasteiger charge is 2.26. The second-order valence-corrected chi connectivity index (χ2v) is 7.03. The number of nitrogens with one attached hydrogen (secondary N) is 1. The Morgan fingerprint density at radius 1 is 1.43 bits per heavy atom. The van der Waals surface area contributed by atoms with E-state index in [9.17, 15) is 18.3 Å². The van der Waals surface area contributed by atoms with Gasteiger partial charge >= 0.3 is 5.97 Å². The monoisotopic (exact) mass is 337 g/mol. The molecule has 0 aliphatic heterocycles. The highest BCUT2D eigenvalue weighted by molar-refractivity contribution is 7.89. The molecule has 0 saturated heterocycles. The predicted molar refractivity (Wildman–Crippen MR) is 76.0 cm³/mol. The van der Waals surface area contributed by atoms with Crippen molar-refractivity contribution < 1.29 is 28.5 Å². The molecule has 7 nitrogen and oxygen atoms in total. The normalized spacial score (nSPS) is 14.7. The van der Waals surface area contributed by atoms with Gasteiger partial charge in [-0.25, -0.2) is 17.9 Å². The Labute approximate surface area is 127 Å². The lowest BCUT2D eigenvalue weighted by Crippen LogP contribution is -2.43. The van der Waals surface area contributed by atoms with Gasteiger partial charge in [-0.05, 0) is 31.5 Å². The third-order valence-electron chi connectivity index (χ3n) is 2.83. The average molecular weight is 338 g/mol. The molecule has 118 valence electrons. The number of hydrogen-bond acceptors (Lipinski definition) is 5. The number of benzene rings is 1. The minimum Gasteiger partial charge on any atom is -0.478 e. The highest BCUT2D eigenvalue weighted by Crippen LogP contribution is 2.24. The molecule has 21 heavy (non-hydrogen) atoms. The van der Waals surface area contributed by atoms with Gasteiger partial charge in [0, 0.05) is 11.6 Å². The van der Waals surface area contributed by atoms with E-state index < -0.39 is 34.7 Å². The number of carboxylic acid groups (broad SMARTS) is 1. The second-order valence-electron chi connectivity index (χ2n) is 4.86. The molecule has 9 heteroatoms. The lowest BCUT2D eigenvalue weighted by atomic mass is 10.1. The Bertz CT molecular complexity index is 656. The number of sulfonamides is 1. The van der Waals surface area contributed by atoms with E-state index in [1.54, 1.807) is 0 Å². The molecule has 1 aromatic carbocycles. The van der Waals surface area contributed by atoms with Gasteiger partial charge in [-0.1, -0.05) is 11.6 Å². The quantitative estimate of drug-likeness (QED) is 0.594. The van der Waals surface area contributed by atoms with Gasteiger partial charge in [0.15, 0.2) is 0 Å². The van der Waals surface area contributed by atoms with Crippen LogP contribution in [-0.4, -0.2) is 48.5 Å². The first-order valence-corrected chi connectivity index (χ1v) is 7.72.